The zero-order valence-electron chi connectivity index (χ0n) is 21.3. The van der Waals surface area contributed by atoms with Gasteiger partial charge in [-0.2, -0.15) is 14.5 Å². The van der Waals surface area contributed by atoms with Crippen LogP contribution in [0.4, 0.5) is 0 Å². The summed E-state index contributed by atoms with van der Waals surface area (Å²) in [7, 11) is 0. The predicted molar refractivity (Wildman–Crippen MR) is 145 cm³/mol. The Morgan fingerprint density at radius 2 is 1.85 bits per heavy atom. The molecule has 2 N–H and O–H groups in total. The second kappa shape index (κ2) is 10.5. The predicted octanol–water partition coefficient (Wildman–Crippen LogP) is 3.88. The highest BCUT2D eigenvalue weighted by Crippen LogP contribution is 2.45. The zero-order chi connectivity index (χ0) is 28.7. The first-order chi connectivity index (χ1) is 19.8. The number of halogens is 1. The molecule has 0 radical (unpaired) electrons. The Labute approximate surface area is 237 Å². The molecule has 2 aromatic carbocycles. The Balaban J connectivity index is 1.36. The molecular weight excluding hydrogens is 550 g/mol. The van der Waals surface area contributed by atoms with Gasteiger partial charge in [0.1, 0.15) is 12.4 Å². The standard InChI is InChI=1S/C28H22ClN7O5/c29-21-6-8-24(35-15-30-32-33-35)22(11-21)18-5-7-25(36(41)14-18)26(10-19-9-23(19)28(39)40)34-13-20(12-31-34)16-1-3-17(4-2-16)27(37)38/h1-8,11-15,19,23,26H,9-10H2,(H,37,38)(H,39,40)/t19-,23-,26?/m0/s1. The Kier molecular flexibility index (Phi) is 6.67. The van der Waals surface area contributed by atoms with Crippen LogP contribution in [0.1, 0.15) is 34.9 Å². The molecule has 1 unspecified atom stereocenters. The van der Waals surface area contributed by atoms with Crippen LogP contribution in [0.3, 0.4) is 0 Å². The van der Waals surface area contributed by atoms with Gasteiger partial charge in [0.2, 0.25) is 5.69 Å². The van der Waals surface area contributed by atoms with Gasteiger partial charge in [-0.15, -0.1) is 5.10 Å². The van der Waals surface area contributed by atoms with Gasteiger partial charge in [-0.3, -0.25) is 9.48 Å². The van der Waals surface area contributed by atoms with E-state index in [4.69, 9.17) is 11.6 Å². The molecule has 1 fully saturated rings. The van der Waals surface area contributed by atoms with Gasteiger partial charge in [0.05, 0.1) is 23.4 Å². The van der Waals surface area contributed by atoms with E-state index in [1.54, 1.807) is 59.5 Å². The lowest BCUT2D eigenvalue weighted by Gasteiger charge is -2.18. The molecule has 3 heterocycles. The molecule has 0 saturated heterocycles. The molecule has 13 heteroatoms. The normalized spacial score (nSPS) is 16.8. The molecule has 3 aromatic heterocycles. The molecule has 0 bridgehead atoms. The topological polar surface area (TPSA) is 163 Å². The minimum atomic E-state index is -1.02. The van der Waals surface area contributed by atoms with Crippen LogP contribution in [0.5, 0.6) is 0 Å². The van der Waals surface area contributed by atoms with Crippen molar-refractivity contribution in [1.82, 2.24) is 30.0 Å². The third-order valence-corrected chi connectivity index (χ3v) is 7.54. The number of tetrazole rings is 1. The van der Waals surface area contributed by atoms with Crippen molar-refractivity contribution in [3.05, 3.63) is 101 Å². The van der Waals surface area contributed by atoms with Crippen molar-refractivity contribution < 1.29 is 24.5 Å². The molecule has 0 aliphatic heterocycles. The number of benzene rings is 2. The number of carbonyl (C=O) groups is 2. The monoisotopic (exact) mass is 571 g/mol. The van der Waals surface area contributed by atoms with Crippen molar-refractivity contribution in [3.63, 3.8) is 0 Å². The number of carboxylic acid groups (broad SMARTS) is 2. The van der Waals surface area contributed by atoms with Crippen LogP contribution < -0.4 is 4.73 Å². The highest BCUT2D eigenvalue weighted by atomic mass is 35.5. The SMILES string of the molecule is O=C(O)c1ccc(-c2cnn(C(C[C@@H]3C[C@@H]3C(=O)O)c3ccc(-c4cc(Cl)ccc4-n4cnnn4)c[n+]3[O-])c2)cc1. The Bertz CT molecular complexity index is 1750. The van der Waals surface area contributed by atoms with E-state index in [2.05, 4.69) is 20.6 Å². The van der Waals surface area contributed by atoms with Crippen LogP contribution in [-0.4, -0.2) is 52.1 Å². The fraction of sp³-hybridized carbons (Fsp3) is 0.179. The minimum Gasteiger partial charge on any atom is -0.618 e. The van der Waals surface area contributed by atoms with Crippen LogP contribution in [0.25, 0.3) is 27.9 Å². The molecule has 12 nitrogen and oxygen atoms in total. The van der Waals surface area contributed by atoms with Gasteiger partial charge >= 0.3 is 11.9 Å². The van der Waals surface area contributed by atoms with E-state index >= 15 is 0 Å². The van der Waals surface area contributed by atoms with Gasteiger partial charge in [0.25, 0.3) is 0 Å². The summed E-state index contributed by atoms with van der Waals surface area (Å²) in [6.07, 6.45) is 7.24. The van der Waals surface area contributed by atoms with Crippen molar-refractivity contribution in [2.24, 2.45) is 11.8 Å². The number of nitrogens with zero attached hydrogens (tertiary/aromatic N) is 7. The third kappa shape index (κ3) is 5.24. The number of aromatic carboxylic acids is 1. The maximum Gasteiger partial charge on any atom is 0.335 e. The van der Waals surface area contributed by atoms with Crippen molar-refractivity contribution in [3.8, 4) is 27.9 Å². The zero-order valence-corrected chi connectivity index (χ0v) is 22.0. The van der Waals surface area contributed by atoms with Crippen LogP contribution in [0.2, 0.25) is 5.02 Å². The van der Waals surface area contributed by atoms with Crippen LogP contribution in [0, 0.1) is 17.0 Å². The molecule has 206 valence electrons. The number of rotatable bonds is 9. The fourth-order valence-electron chi connectivity index (χ4n) is 5.05. The van der Waals surface area contributed by atoms with Gasteiger partial charge in [0, 0.05) is 34.0 Å². The Morgan fingerprint density at radius 3 is 2.51 bits per heavy atom. The number of aromatic nitrogens is 7. The fourth-order valence-corrected chi connectivity index (χ4v) is 5.22. The van der Waals surface area contributed by atoms with Crippen molar-refractivity contribution in [1.29, 1.82) is 0 Å². The van der Waals surface area contributed by atoms with E-state index in [0.717, 1.165) is 15.9 Å². The van der Waals surface area contributed by atoms with E-state index in [0.29, 0.717) is 40.4 Å². The summed E-state index contributed by atoms with van der Waals surface area (Å²) in [4.78, 5) is 22.8. The van der Waals surface area contributed by atoms with Crippen LogP contribution in [-0.2, 0) is 4.79 Å². The maximum absolute atomic E-state index is 13.5. The largest absolute Gasteiger partial charge is 0.618 e. The molecule has 6 rings (SSSR count). The van der Waals surface area contributed by atoms with E-state index in [-0.39, 0.29) is 11.5 Å². The van der Waals surface area contributed by atoms with E-state index in [1.807, 2.05) is 0 Å². The van der Waals surface area contributed by atoms with Gasteiger partial charge in [0.15, 0.2) is 6.20 Å². The highest BCUT2D eigenvalue weighted by molar-refractivity contribution is 6.31. The number of pyridine rings is 1. The lowest BCUT2D eigenvalue weighted by atomic mass is 10.0. The second-order valence-electron chi connectivity index (χ2n) is 9.87. The summed E-state index contributed by atoms with van der Waals surface area (Å²) in [6.45, 7) is 0. The quantitative estimate of drug-likeness (QED) is 0.197. The molecule has 1 saturated carbocycles. The molecule has 3 atom stereocenters. The average molecular weight is 572 g/mol. The van der Waals surface area contributed by atoms with Crippen LogP contribution >= 0.6 is 11.6 Å². The van der Waals surface area contributed by atoms with Crippen LogP contribution in [0.15, 0.2) is 79.5 Å². The van der Waals surface area contributed by atoms with Gasteiger partial charge in [-0.25, -0.2) is 4.79 Å². The number of hydrogen-bond acceptors (Lipinski definition) is 7. The van der Waals surface area contributed by atoms with Crippen molar-refractivity contribution in [2.75, 3.05) is 0 Å². The summed E-state index contributed by atoms with van der Waals surface area (Å²) in [5, 5.41) is 48.5. The van der Waals surface area contributed by atoms with Crippen molar-refractivity contribution in [2.45, 2.75) is 18.9 Å². The molecule has 5 aromatic rings. The Hall–Kier alpha value is -5.10. The van der Waals surface area contributed by atoms with Gasteiger partial charge in [-0.1, -0.05) is 23.7 Å². The van der Waals surface area contributed by atoms with Crippen molar-refractivity contribution >= 4 is 23.5 Å². The van der Waals surface area contributed by atoms with Gasteiger partial charge < -0.3 is 15.4 Å². The smallest absolute Gasteiger partial charge is 0.335 e. The highest BCUT2D eigenvalue weighted by Gasteiger charge is 2.45. The summed E-state index contributed by atoms with van der Waals surface area (Å²) >= 11 is 6.28. The first-order valence-electron chi connectivity index (χ1n) is 12.7. The minimum absolute atomic E-state index is 0.0981. The van der Waals surface area contributed by atoms with E-state index < -0.39 is 23.9 Å². The molecule has 1 aliphatic rings. The number of aliphatic carboxylic acids is 1. The van der Waals surface area contributed by atoms with E-state index in [1.165, 1.54) is 29.3 Å². The molecule has 0 spiro atoms. The maximum atomic E-state index is 13.5. The molecular formula is C28H22ClN7O5. The molecule has 41 heavy (non-hydrogen) atoms. The lowest BCUT2D eigenvalue weighted by molar-refractivity contribution is -0.615. The summed E-state index contributed by atoms with van der Waals surface area (Å²) in [5.74, 6) is -2.43. The Morgan fingerprint density at radius 1 is 1.07 bits per heavy atom. The molecule has 0 amide bonds. The first kappa shape index (κ1) is 26.1. The number of hydrogen-bond donors (Lipinski definition) is 2. The lowest BCUT2D eigenvalue weighted by Crippen LogP contribution is -2.35. The summed E-state index contributed by atoms with van der Waals surface area (Å²) in [6, 6.07) is 14.6. The average Bonchev–Trinajstić information content (AvgIpc) is 3.31. The third-order valence-electron chi connectivity index (χ3n) is 7.30. The van der Waals surface area contributed by atoms with Gasteiger partial charge in [-0.05, 0) is 71.1 Å². The summed E-state index contributed by atoms with van der Waals surface area (Å²) < 4.78 is 3.91. The first-order valence-corrected chi connectivity index (χ1v) is 13.0. The number of carboxylic acids is 2. The summed E-state index contributed by atoms with van der Waals surface area (Å²) in [5.41, 5.74) is 3.93. The van der Waals surface area contributed by atoms with E-state index in [9.17, 15) is 25.0 Å². The molecule has 1 aliphatic carbocycles. The second-order valence-corrected chi connectivity index (χ2v) is 10.3.